The van der Waals surface area contributed by atoms with Gasteiger partial charge in [0.25, 0.3) is 0 Å². The molecule has 0 fully saturated rings. The molecule has 0 N–H and O–H groups in total. The van der Waals surface area contributed by atoms with E-state index < -0.39 is 0 Å². The molecule has 0 saturated carbocycles. The third kappa shape index (κ3) is 3.07. The number of benzene rings is 1. The summed E-state index contributed by atoms with van der Waals surface area (Å²) >= 11 is 0. The molecule has 4 nitrogen and oxygen atoms in total. The molecule has 0 bridgehead atoms. The molecule has 0 unspecified atom stereocenters. The zero-order valence-corrected chi connectivity index (χ0v) is 10.2. The van der Waals surface area contributed by atoms with Crippen LogP contribution in [0.4, 0.5) is 5.69 Å². The van der Waals surface area contributed by atoms with Crippen molar-refractivity contribution >= 4 is 11.9 Å². The lowest BCUT2D eigenvalue weighted by molar-refractivity contribution is -0.605. The fraction of sp³-hybridized carbons (Fsp3) is 0.143. The highest BCUT2D eigenvalue weighted by atomic mass is 16.5. The fourth-order valence-corrected chi connectivity index (χ4v) is 1.58. The Labute approximate surface area is 106 Å². The van der Waals surface area contributed by atoms with Crippen molar-refractivity contribution in [2.24, 2.45) is 5.10 Å². The minimum atomic E-state index is 0.756. The molecule has 2 aromatic rings. The maximum absolute atomic E-state index is 10.9. The van der Waals surface area contributed by atoms with Crippen LogP contribution in [0.25, 0.3) is 0 Å². The van der Waals surface area contributed by atoms with Gasteiger partial charge in [0, 0.05) is 24.2 Å². The van der Waals surface area contributed by atoms with Crippen LogP contribution in [0.15, 0.2) is 60.0 Å². The molecule has 1 aromatic carbocycles. The lowest BCUT2D eigenvalue weighted by atomic mass is 10.3. The lowest BCUT2D eigenvalue weighted by Crippen LogP contribution is -2.23. The molecule has 0 aliphatic rings. The first kappa shape index (κ1) is 12.1. The highest BCUT2D eigenvalue weighted by Crippen LogP contribution is 2.12. The number of aromatic nitrogens is 1. The zero-order valence-electron chi connectivity index (χ0n) is 10.2. The molecule has 0 spiro atoms. The number of pyridine rings is 1. The van der Waals surface area contributed by atoms with Gasteiger partial charge in [-0.2, -0.15) is 9.83 Å². The van der Waals surface area contributed by atoms with Gasteiger partial charge in [-0.05, 0) is 19.1 Å². The third-order valence-electron chi connectivity index (χ3n) is 2.53. The number of para-hydroxylation sites is 1. The normalized spacial score (nSPS) is 10.7. The second-order valence-corrected chi connectivity index (χ2v) is 3.79. The summed E-state index contributed by atoms with van der Waals surface area (Å²) in [6.07, 6.45) is 4.66. The average molecular weight is 241 g/mol. The summed E-state index contributed by atoms with van der Waals surface area (Å²) in [5.41, 5.74) is 1.95. The smallest absolute Gasteiger partial charge is 0.181 e. The first-order valence-electron chi connectivity index (χ1n) is 5.85. The Morgan fingerprint density at radius 3 is 2.44 bits per heavy atom. The van der Waals surface area contributed by atoms with Gasteiger partial charge >= 0.3 is 0 Å². The largest absolute Gasteiger partial charge is 0.619 e. The van der Waals surface area contributed by atoms with E-state index in [2.05, 4.69) is 5.10 Å². The van der Waals surface area contributed by atoms with Gasteiger partial charge < -0.3 is 5.21 Å². The maximum atomic E-state index is 10.9. The van der Waals surface area contributed by atoms with Crippen LogP contribution in [-0.2, 0) is 0 Å². The molecular weight excluding hydrogens is 226 g/mol. The number of rotatable bonds is 4. The molecule has 18 heavy (non-hydrogen) atoms. The van der Waals surface area contributed by atoms with Crippen molar-refractivity contribution in [3.8, 4) is 0 Å². The van der Waals surface area contributed by atoms with E-state index in [1.54, 1.807) is 18.3 Å². The summed E-state index contributed by atoms with van der Waals surface area (Å²) in [6, 6.07) is 13.4. The maximum Gasteiger partial charge on any atom is 0.181 e. The molecule has 0 aliphatic carbocycles. The molecule has 1 aromatic heterocycles. The van der Waals surface area contributed by atoms with Crippen molar-refractivity contribution in [1.29, 1.82) is 0 Å². The van der Waals surface area contributed by atoms with Crippen molar-refractivity contribution in [2.45, 2.75) is 6.92 Å². The quantitative estimate of drug-likeness (QED) is 0.356. The third-order valence-corrected chi connectivity index (χ3v) is 2.53. The van der Waals surface area contributed by atoms with Crippen molar-refractivity contribution in [3.05, 3.63) is 65.6 Å². The Morgan fingerprint density at radius 2 is 1.83 bits per heavy atom. The van der Waals surface area contributed by atoms with Gasteiger partial charge in [0.05, 0.1) is 11.9 Å². The van der Waals surface area contributed by atoms with Crippen molar-refractivity contribution < 1.29 is 4.73 Å². The zero-order chi connectivity index (χ0) is 12.8. The van der Waals surface area contributed by atoms with Crippen molar-refractivity contribution in [1.82, 2.24) is 0 Å². The molecule has 0 radical (unpaired) electrons. The van der Waals surface area contributed by atoms with E-state index in [0.29, 0.717) is 0 Å². The summed E-state index contributed by atoms with van der Waals surface area (Å²) in [5.74, 6) is 0. The second-order valence-electron chi connectivity index (χ2n) is 3.79. The fourth-order valence-electron chi connectivity index (χ4n) is 1.58. The van der Waals surface area contributed by atoms with Crippen LogP contribution in [0.1, 0.15) is 12.5 Å². The molecular formula is C14H15N3O. The van der Waals surface area contributed by atoms with Crippen molar-refractivity contribution in [2.75, 3.05) is 11.6 Å². The Kier molecular flexibility index (Phi) is 3.91. The van der Waals surface area contributed by atoms with Crippen LogP contribution in [0, 0.1) is 5.21 Å². The number of anilines is 1. The van der Waals surface area contributed by atoms with Crippen LogP contribution in [-0.4, -0.2) is 12.8 Å². The van der Waals surface area contributed by atoms with Gasteiger partial charge in [-0.25, -0.2) is 0 Å². The molecule has 92 valence electrons. The molecule has 2 rings (SSSR count). The van der Waals surface area contributed by atoms with Gasteiger partial charge in [-0.1, -0.05) is 18.2 Å². The number of hydrogen-bond donors (Lipinski definition) is 0. The lowest BCUT2D eigenvalue weighted by Gasteiger charge is -2.16. The number of hydrogen-bond acceptors (Lipinski definition) is 3. The van der Waals surface area contributed by atoms with E-state index in [9.17, 15) is 5.21 Å². The Balaban J connectivity index is 2.13. The molecule has 0 aliphatic heterocycles. The molecule has 1 heterocycles. The van der Waals surface area contributed by atoms with Gasteiger partial charge in [0.15, 0.2) is 12.4 Å². The summed E-state index contributed by atoms with van der Waals surface area (Å²) in [7, 11) is 0. The average Bonchev–Trinajstić information content (AvgIpc) is 2.43. The van der Waals surface area contributed by atoms with Gasteiger partial charge in [-0.3, -0.25) is 5.01 Å². The summed E-state index contributed by atoms with van der Waals surface area (Å²) in [4.78, 5) is 0. The van der Waals surface area contributed by atoms with Crippen LogP contribution in [0.5, 0.6) is 0 Å². The van der Waals surface area contributed by atoms with E-state index in [4.69, 9.17) is 0 Å². The van der Waals surface area contributed by atoms with Crippen LogP contribution in [0.3, 0.4) is 0 Å². The summed E-state index contributed by atoms with van der Waals surface area (Å²) in [6.45, 7) is 2.83. The SMILES string of the molecule is CCN(/N=C\c1cc[n+]([O-])cc1)c1ccccc1. The first-order valence-corrected chi connectivity index (χ1v) is 5.85. The standard InChI is InChI=1S/C14H15N3O/c1-2-17(14-6-4-3-5-7-14)15-12-13-8-10-16(18)11-9-13/h3-12H,2H2,1H3/b15-12-. The van der Waals surface area contributed by atoms with Gasteiger partial charge in [-0.15, -0.1) is 0 Å². The Hall–Kier alpha value is -2.36. The van der Waals surface area contributed by atoms with Crippen LogP contribution >= 0.6 is 0 Å². The number of hydrazone groups is 1. The molecule has 0 amide bonds. The topological polar surface area (TPSA) is 42.5 Å². The van der Waals surface area contributed by atoms with Crippen LogP contribution in [0.2, 0.25) is 0 Å². The monoisotopic (exact) mass is 241 g/mol. The number of nitrogens with zero attached hydrogens (tertiary/aromatic N) is 3. The highest BCUT2D eigenvalue weighted by Gasteiger charge is 1.99. The summed E-state index contributed by atoms with van der Waals surface area (Å²) in [5, 5.41) is 17.2. The molecule has 4 heteroatoms. The predicted octanol–water partition coefficient (Wildman–Crippen LogP) is 2.18. The molecule has 0 saturated heterocycles. The van der Waals surface area contributed by atoms with Crippen LogP contribution < -0.4 is 9.74 Å². The van der Waals surface area contributed by atoms with Gasteiger partial charge in [0.1, 0.15) is 0 Å². The predicted molar refractivity (Wildman–Crippen MR) is 72.5 cm³/mol. The second kappa shape index (κ2) is 5.82. The van der Waals surface area contributed by atoms with Gasteiger partial charge in [0.2, 0.25) is 0 Å². The minimum Gasteiger partial charge on any atom is -0.619 e. The van der Waals surface area contributed by atoms with E-state index in [1.165, 1.54) is 12.4 Å². The Morgan fingerprint density at radius 1 is 1.17 bits per heavy atom. The first-order chi connectivity index (χ1) is 8.79. The highest BCUT2D eigenvalue weighted by molar-refractivity contribution is 5.79. The summed E-state index contributed by atoms with van der Waals surface area (Å²) < 4.78 is 0.756. The molecule has 0 atom stereocenters. The Bertz CT molecular complexity index is 508. The van der Waals surface area contributed by atoms with E-state index in [0.717, 1.165) is 22.5 Å². The van der Waals surface area contributed by atoms with E-state index in [1.807, 2.05) is 42.3 Å². The van der Waals surface area contributed by atoms with E-state index in [-0.39, 0.29) is 0 Å². The minimum absolute atomic E-state index is 0.756. The van der Waals surface area contributed by atoms with E-state index >= 15 is 0 Å². The van der Waals surface area contributed by atoms with Crippen molar-refractivity contribution in [3.63, 3.8) is 0 Å².